The number of aromatic nitrogens is 2. The number of thiazole rings is 1. The molecule has 0 unspecified atom stereocenters. The number of ether oxygens (including phenoxy) is 1. The van der Waals surface area contributed by atoms with Gasteiger partial charge in [0.2, 0.25) is 0 Å². The van der Waals surface area contributed by atoms with Crippen LogP contribution in [-0.2, 0) is 4.74 Å². The number of hydrazone groups is 1. The molecule has 0 spiro atoms. The first-order chi connectivity index (χ1) is 12.6. The summed E-state index contributed by atoms with van der Waals surface area (Å²) in [5.41, 5.74) is 8.75. The minimum atomic E-state index is 0.274. The van der Waals surface area contributed by atoms with Crippen LogP contribution in [0.4, 0.5) is 0 Å². The maximum absolute atomic E-state index is 5.62. The van der Waals surface area contributed by atoms with Gasteiger partial charge in [-0.15, -0.1) is 11.3 Å². The summed E-state index contributed by atoms with van der Waals surface area (Å²) in [6.07, 6.45) is 2.53. The molecule has 0 bridgehead atoms. The number of nitrogens with zero attached hydrogens (tertiary/aromatic N) is 4. The summed E-state index contributed by atoms with van der Waals surface area (Å²) in [4.78, 5) is 9.24. The van der Waals surface area contributed by atoms with E-state index in [1.54, 1.807) is 23.1 Å². The number of nitrogens with one attached hydrogen (secondary N) is 1. The summed E-state index contributed by atoms with van der Waals surface area (Å²) in [5, 5.41) is 8.56. The fourth-order valence-electron chi connectivity index (χ4n) is 3.30. The fourth-order valence-corrected chi connectivity index (χ4v) is 4.98. The van der Waals surface area contributed by atoms with Gasteiger partial charge < -0.3 is 4.74 Å². The van der Waals surface area contributed by atoms with E-state index in [2.05, 4.69) is 50.4 Å². The van der Waals surface area contributed by atoms with E-state index in [-0.39, 0.29) is 6.10 Å². The molecule has 0 amide bonds. The molecule has 4 rings (SSSR count). The first-order valence-corrected chi connectivity index (χ1v) is 10.7. The molecule has 138 valence electrons. The largest absolute Gasteiger partial charge is 0.376 e. The van der Waals surface area contributed by atoms with E-state index in [4.69, 9.17) is 4.74 Å². The molecule has 8 heteroatoms. The van der Waals surface area contributed by atoms with Crippen LogP contribution in [0.2, 0.25) is 0 Å². The molecule has 0 aliphatic carbocycles. The Morgan fingerprint density at radius 3 is 2.92 bits per heavy atom. The standard InChI is InChI=1S/C18H23N5OS2/c1-11-9-26-18(20-11)23-12(2)7-15(13(23)3)16-10-25-17(22-21-16)19-8-14-5-4-6-24-14/h7,9,14H,4-6,8,10H2,1-3H3,(H,19,22)/t14-/m0/s1. The maximum atomic E-state index is 5.62. The van der Waals surface area contributed by atoms with E-state index < -0.39 is 0 Å². The lowest BCUT2D eigenvalue weighted by atomic mass is 10.1. The molecule has 1 saturated heterocycles. The van der Waals surface area contributed by atoms with Gasteiger partial charge in [0.05, 0.1) is 24.1 Å². The molecular formula is C18H23N5OS2. The number of aliphatic imine (C=N–C) groups is 1. The zero-order valence-corrected chi connectivity index (χ0v) is 16.9. The Morgan fingerprint density at radius 2 is 2.27 bits per heavy atom. The van der Waals surface area contributed by atoms with E-state index in [9.17, 15) is 0 Å². The van der Waals surface area contributed by atoms with Crippen molar-refractivity contribution >= 4 is 34.0 Å². The van der Waals surface area contributed by atoms with Crippen molar-refractivity contribution in [2.75, 3.05) is 18.9 Å². The average molecular weight is 390 g/mol. The van der Waals surface area contributed by atoms with Crippen molar-refractivity contribution in [2.24, 2.45) is 10.1 Å². The molecule has 0 saturated carbocycles. The number of hydrogen-bond acceptors (Lipinski definition) is 6. The zero-order valence-electron chi connectivity index (χ0n) is 15.3. The van der Waals surface area contributed by atoms with Crippen LogP contribution in [0.25, 0.3) is 5.13 Å². The highest BCUT2D eigenvalue weighted by Crippen LogP contribution is 2.25. The molecule has 2 aromatic rings. The average Bonchev–Trinajstić information content (AvgIpc) is 3.35. The van der Waals surface area contributed by atoms with Crippen LogP contribution in [0.5, 0.6) is 0 Å². The van der Waals surface area contributed by atoms with Gasteiger partial charge in [0.25, 0.3) is 0 Å². The van der Waals surface area contributed by atoms with Crippen LogP contribution in [0, 0.1) is 20.8 Å². The highest BCUT2D eigenvalue weighted by Gasteiger charge is 2.21. The predicted molar refractivity (Wildman–Crippen MR) is 109 cm³/mol. The second-order valence-electron chi connectivity index (χ2n) is 6.63. The summed E-state index contributed by atoms with van der Waals surface area (Å²) in [6, 6.07) is 2.20. The van der Waals surface area contributed by atoms with Crippen LogP contribution in [0.3, 0.4) is 0 Å². The SMILES string of the molecule is Cc1csc(-n2c(C)cc(C3=NNC(=NC[C@@H]4CCCO4)SC3)c2C)n1. The Kier molecular flexibility index (Phi) is 5.15. The minimum Gasteiger partial charge on any atom is -0.376 e. The van der Waals surface area contributed by atoms with E-state index in [1.165, 1.54) is 17.0 Å². The Balaban J connectivity index is 1.51. The monoisotopic (exact) mass is 389 g/mol. The highest BCUT2D eigenvalue weighted by molar-refractivity contribution is 8.14. The Hall–Kier alpha value is -1.64. The first kappa shape index (κ1) is 17.8. The lowest BCUT2D eigenvalue weighted by molar-refractivity contribution is 0.118. The van der Waals surface area contributed by atoms with Crippen molar-refractivity contribution in [2.45, 2.75) is 39.7 Å². The number of amidine groups is 1. The van der Waals surface area contributed by atoms with E-state index in [0.29, 0.717) is 0 Å². The Bertz CT molecular complexity index is 861. The number of hydrogen-bond donors (Lipinski definition) is 1. The zero-order chi connectivity index (χ0) is 18.1. The summed E-state index contributed by atoms with van der Waals surface area (Å²) < 4.78 is 7.83. The summed E-state index contributed by atoms with van der Waals surface area (Å²) in [7, 11) is 0. The van der Waals surface area contributed by atoms with Crippen LogP contribution in [-0.4, -0.2) is 45.4 Å². The Labute approximate surface area is 161 Å². The lowest BCUT2D eigenvalue weighted by Crippen LogP contribution is -2.26. The lowest BCUT2D eigenvalue weighted by Gasteiger charge is -2.16. The van der Waals surface area contributed by atoms with Gasteiger partial charge >= 0.3 is 0 Å². The molecule has 6 nitrogen and oxygen atoms in total. The number of thioether (sulfide) groups is 1. The molecule has 26 heavy (non-hydrogen) atoms. The van der Waals surface area contributed by atoms with Gasteiger partial charge in [-0.05, 0) is 39.7 Å². The topological polar surface area (TPSA) is 63.8 Å². The first-order valence-electron chi connectivity index (χ1n) is 8.85. The third-order valence-corrected chi connectivity index (χ3v) is 6.49. The van der Waals surface area contributed by atoms with Crippen molar-refractivity contribution in [1.82, 2.24) is 15.0 Å². The van der Waals surface area contributed by atoms with Gasteiger partial charge in [-0.1, -0.05) is 11.8 Å². The quantitative estimate of drug-likeness (QED) is 0.870. The molecule has 1 fully saturated rings. The van der Waals surface area contributed by atoms with Crippen LogP contribution < -0.4 is 5.43 Å². The van der Waals surface area contributed by atoms with Crippen LogP contribution in [0.1, 0.15) is 35.5 Å². The van der Waals surface area contributed by atoms with Crippen LogP contribution in [0.15, 0.2) is 21.5 Å². The van der Waals surface area contributed by atoms with Gasteiger partial charge in [0, 0.05) is 34.7 Å². The van der Waals surface area contributed by atoms with Gasteiger partial charge in [-0.3, -0.25) is 15.0 Å². The van der Waals surface area contributed by atoms with Crippen molar-refractivity contribution in [3.05, 3.63) is 34.1 Å². The third kappa shape index (κ3) is 3.58. The summed E-state index contributed by atoms with van der Waals surface area (Å²) in [6.45, 7) is 7.86. The van der Waals surface area contributed by atoms with Gasteiger partial charge in [-0.25, -0.2) is 4.98 Å². The molecular weight excluding hydrogens is 366 g/mol. The van der Waals surface area contributed by atoms with E-state index >= 15 is 0 Å². The molecule has 0 radical (unpaired) electrons. The van der Waals surface area contributed by atoms with Crippen molar-refractivity contribution in [1.29, 1.82) is 0 Å². The minimum absolute atomic E-state index is 0.274. The summed E-state index contributed by atoms with van der Waals surface area (Å²) in [5.74, 6) is 0.818. The molecule has 4 heterocycles. The second-order valence-corrected chi connectivity index (χ2v) is 8.43. The van der Waals surface area contributed by atoms with Gasteiger partial charge in [-0.2, -0.15) is 5.10 Å². The number of rotatable bonds is 4. The van der Waals surface area contributed by atoms with E-state index in [1.807, 2.05) is 6.92 Å². The number of aryl methyl sites for hydroxylation is 2. The summed E-state index contributed by atoms with van der Waals surface area (Å²) >= 11 is 3.37. The highest BCUT2D eigenvalue weighted by atomic mass is 32.2. The molecule has 0 aromatic carbocycles. The predicted octanol–water partition coefficient (Wildman–Crippen LogP) is 3.43. The Morgan fingerprint density at radius 1 is 1.38 bits per heavy atom. The fraction of sp³-hybridized carbons (Fsp3) is 0.500. The second kappa shape index (κ2) is 7.54. The smallest absolute Gasteiger partial charge is 0.194 e. The molecule has 2 aliphatic heterocycles. The third-order valence-electron chi connectivity index (χ3n) is 4.63. The van der Waals surface area contributed by atoms with Gasteiger partial charge in [0.1, 0.15) is 0 Å². The van der Waals surface area contributed by atoms with Gasteiger partial charge in [0.15, 0.2) is 10.3 Å². The van der Waals surface area contributed by atoms with Crippen molar-refractivity contribution < 1.29 is 4.74 Å². The molecule has 1 atom stereocenters. The van der Waals surface area contributed by atoms with E-state index in [0.717, 1.165) is 53.5 Å². The normalized spacial score (nSPS) is 21.9. The van der Waals surface area contributed by atoms with Crippen molar-refractivity contribution in [3.8, 4) is 5.13 Å². The molecule has 2 aromatic heterocycles. The van der Waals surface area contributed by atoms with Crippen LogP contribution >= 0.6 is 23.1 Å². The molecule has 1 N–H and O–H groups in total. The molecule has 2 aliphatic rings. The maximum Gasteiger partial charge on any atom is 0.194 e. The van der Waals surface area contributed by atoms with Crippen molar-refractivity contribution in [3.63, 3.8) is 0 Å².